The van der Waals surface area contributed by atoms with Gasteiger partial charge < -0.3 is 0 Å². The molecule has 0 atom stereocenters. The third-order valence-corrected chi connectivity index (χ3v) is 5.99. The Kier molecular flexibility index (Phi) is 6.31. The number of hydrazine groups is 2. The third-order valence-electron chi connectivity index (χ3n) is 3.26. The first kappa shape index (κ1) is 20.3. The van der Waals surface area contributed by atoms with Gasteiger partial charge in [-0.15, -0.1) is 9.66 Å². The molecule has 0 amide bonds. The maximum Gasteiger partial charge on any atom is 0.257 e. The van der Waals surface area contributed by atoms with Crippen molar-refractivity contribution in [2.75, 3.05) is 0 Å². The zero-order valence-electron chi connectivity index (χ0n) is 14.0. The summed E-state index contributed by atoms with van der Waals surface area (Å²) in [4.78, 5) is 4.20. The number of nitrogens with one attached hydrogen (secondary N) is 4. The standard InChI is InChI=1S/C15H18N4O4S3/c1-11-3-7-13(8-4-11)25(20,21)18-16-15(24)17-19-26(22,23)14-9-5-12(2)6-10-14/h3-10,18-19H,1-2H3,(H2,16,17,24). The van der Waals surface area contributed by atoms with Gasteiger partial charge in [0.1, 0.15) is 0 Å². The number of hydrogen-bond donors (Lipinski definition) is 4. The molecule has 0 spiro atoms. The second-order valence-electron chi connectivity index (χ2n) is 5.42. The Balaban J connectivity index is 1.92. The molecule has 0 aromatic heterocycles. The summed E-state index contributed by atoms with van der Waals surface area (Å²) in [5, 5.41) is -0.267. The maximum atomic E-state index is 12.1. The fourth-order valence-corrected chi connectivity index (χ4v) is 3.74. The van der Waals surface area contributed by atoms with Crippen LogP contribution in [0.4, 0.5) is 0 Å². The predicted molar refractivity (Wildman–Crippen MR) is 102 cm³/mol. The highest BCUT2D eigenvalue weighted by Crippen LogP contribution is 2.10. The second-order valence-corrected chi connectivity index (χ2v) is 9.19. The highest BCUT2D eigenvalue weighted by atomic mass is 32.2. The molecular formula is C15H18N4O4S3. The molecule has 140 valence electrons. The van der Waals surface area contributed by atoms with E-state index in [2.05, 4.69) is 20.5 Å². The van der Waals surface area contributed by atoms with Crippen LogP contribution in [0.5, 0.6) is 0 Å². The summed E-state index contributed by atoms with van der Waals surface area (Å²) in [6.07, 6.45) is 0. The average molecular weight is 415 g/mol. The van der Waals surface area contributed by atoms with Gasteiger partial charge in [0.2, 0.25) is 0 Å². The molecular weight excluding hydrogens is 396 g/mol. The van der Waals surface area contributed by atoms with Gasteiger partial charge in [0.05, 0.1) is 9.79 Å². The molecule has 0 saturated carbocycles. The molecule has 0 saturated heterocycles. The van der Waals surface area contributed by atoms with Crippen LogP contribution in [-0.2, 0) is 20.0 Å². The van der Waals surface area contributed by atoms with Crippen LogP contribution in [0.1, 0.15) is 11.1 Å². The van der Waals surface area contributed by atoms with E-state index in [1.807, 2.05) is 13.8 Å². The van der Waals surface area contributed by atoms with E-state index in [-0.39, 0.29) is 14.9 Å². The zero-order valence-corrected chi connectivity index (χ0v) is 16.4. The molecule has 8 nitrogen and oxygen atoms in total. The Labute approximate surface area is 158 Å². The van der Waals surface area contributed by atoms with Crippen LogP contribution in [-0.4, -0.2) is 21.9 Å². The quantitative estimate of drug-likeness (QED) is 0.409. The van der Waals surface area contributed by atoms with E-state index in [1.54, 1.807) is 24.3 Å². The van der Waals surface area contributed by atoms with Crippen molar-refractivity contribution >= 4 is 37.4 Å². The van der Waals surface area contributed by atoms with E-state index in [4.69, 9.17) is 12.2 Å². The van der Waals surface area contributed by atoms with Gasteiger partial charge >= 0.3 is 0 Å². The minimum atomic E-state index is -3.85. The summed E-state index contributed by atoms with van der Waals surface area (Å²) in [6, 6.07) is 12.4. The first-order valence-corrected chi connectivity index (χ1v) is 10.7. The molecule has 2 aromatic carbocycles. The fraction of sp³-hybridized carbons (Fsp3) is 0.133. The monoisotopic (exact) mass is 414 g/mol. The largest absolute Gasteiger partial charge is 0.283 e. The number of rotatable bonds is 6. The van der Waals surface area contributed by atoms with Gasteiger partial charge in [-0.2, -0.15) is 0 Å². The number of aryl methyl sites for hydroxylation is 2. The second kappa shape index (κ2) is 8.10. The van der Waals surface area contributed by atoms with Gasteiger partial charge in [-0.1, -0.05) is 35.4 Å². The zero-order chi connectivity index (χ0) is 19.4. The smallest absolute Gasteiger partial charge is 0.257 e. The third kappa shape index (κ3) is 5.47. The van der Waals surface area contributed by atoms with E-state index in [1.165, 1.54) is 24.3 Å². The maximum absolute atomic E-state index is 12.1. The van der Waals surface area contributed by atoms with E-state index < -0.39 is 20.0 Å². The lowest BCUT2D eigenvalue weighted by molar-refractivity contribution is 0.572. The summed E-state index contributed by atoms with van der Waals surface area (Å²) in [5.74, 6) is 0. The van der Waals surface area contributed by atoms with Crippen LogP contribution in [0.15, 0.2) is 58.3 Å². The van der Waals surface area contributed by atoms with E-state index in [0.29, 0.717) is 0 Å². The van der Waals surface area contributed by atoms with Gasteiger partial charge in [-0.3, -0.25) is 10.9 Å². The Morgan fingerprint density at radius 1 is 0.692 bits per heavy atom. The van der Waals surface area contributed by atoms with E-state index >= 15 is 0 Å². The van der Waals surface area contributed by atoms with Crippen molar-refractivity contribution in [3.63, 3.8) is 0 Å². The summed E-state index contributed by atoms with van der Waals surface area (Å²) in [5.41, 5.74) is 6.28. The topological polar surface area (TPSA) is 116 Å². The molecule has 0 aliphatic heterocycles. The van der Waals surface area contributed by atoms with E-state index in [9.17, 15) is 16.8 Å². The molecule has 26 heavy (non-hydrogen) atoms. The van der Waals surface area contributed by atoms with Crippen LogP contribution in [0.25, 0.3) is 0 Å². The Bertz CT molecular complexity index is 905. The molecule has 4 N–H and O–H groups in total. The SMILES string of the molecule is Cc1ccc(S(=O)(=O)NNC(=S)NNS(=O)(=O)c2ccc(C)cc2)cc1. The summed E-state index contributed by atoms with van der Waals surface area (Å²) >= 11 is 4.86. The highest BCUT2D eigenvalue weighted by molar-refractivity contribution is 7.90. The number of sulfonamides is 2. The van der Waals surface area contributed by atoms with Crippen molar-refractivity contribution in [2.24, 2.45) is 0 Å². The number of thiocarbonyl (C=S) groups is 1. The molecule has 0 heterocycles. The Hall–Kier alpha value is -2.05. The minimum Gasteiger partial charge on any atom is -0.283 e. The van der Waals surface area contributed by atoms with Crippen molar-refractivity contribution in [1.82, 2.24) is 20.5 Å². The van der Waals surface area contributed by atoms with Gasteiger partial charge in [-0.25, -0.2) is 16.8 Å². The van der Waals surface area contributed by atoms with Crippen molar-refractivity contribution in [3.05, 3.63) is 59.7 Å². The summed E-state index contributed by atoms with van der Waals surface area (Å²) in [6.45, 7) is 3.67. The average Bonchev–Trinajstić information content (AvgIpc) is 2.59. The highest BCUT2D eigenvalue weighted by Gasteiger charge is 2.16. The fourth-order valence-electron chi connectivity index (χ4n) is 1.81. The molecule has 0 bridgehead atoms. The summed E-state index contributed by atoms with van der Waals surface area (Å²) < 4.78 is 48.4. The van der Waals surface area contributed by atoms with Gasteiger partial charge in [0, 0.05) is 0 Å². The van der Waals surface area contributed by atoms with Gasteiger partial charge in [0.25, 0.3) is 20.0 Å². The molecule has 0 aliphatic rings. The molecule has 2 rings (SSSR count). The van der Waals surface area contributed by atoms with Gasteiger partial charge in [0.15, 0.2) is 5.11 Å². The molecule has 0 aliphatic carbocycles. The lowest BCUT2D eigenvalue weighted by atomic mass is 10.2. The van der Waals surface area contributed by atoms with Gasteiger partial charge in [-0.05, 0) is 50.3 Å². The van der Waals surface area contributed by atoms with E-state index in [0.717, 1.165) is 11.1 Å². The van der Waals surface area contributed by atoms with Crippen molar-refractivity contribution in [2.45, 2.75) is 23.6 Å². The molecule has 11 heteroatoms. The Morgan fingerprint density at radius 3 is 1.31 bits per heavy atom. The first-order valence-electron chi connectivity index (χ1n) is 7.33. The van der Waals surface area contributed by atoms with Crippen LogP contribution < -0.4 is 20.5 Å². The Morgan fingerprint density at radius 2 is 1.00 bits per heavy atom. The molecule has 0 fully saturated rings. The molecule has 0 radical (unpaired) electrons. The van der Waals surface area contributed by atoms with Crippen LogP contribution >= 0.6 is 12.2 Å². The summed E-state index contributed by atoms with van der Waals surface area (Å²) in [7, 11) is -7.70. The minimum absolute atomic E-state index is 0.0404. The van der Waals surface area contributed by atoms with Crippen molar-refractivity contribution < 1.29 is 16.8 Å². The van der Waals surface area contributed by atoms with Crippen LogP contribution in [0.3, 0.4) is 0 Å². The van der Waals surface area contributed by atoms with Crippen LogP contribution in [0.2, 0.25) is 0 Å². The van der Waals surface area contributed by atoms with Crippen molar-refractivity contribution in [3.8, 4) is 0 Å². The lowest BCUT2D eigenvalue weighted by Crippen LogP contribution is -2.52. The van der Waals surface area contributed by atoms with Crippen molar-refractivity contribution in [1.29, 1.82) is 0 Å². The number of hydrogen-bond acceptors (Lipinski definition) is 5. The lowest BCUT2D eigenvalue weighted by Gasteiger charge is -2.13. The molecule has 0 unspecified atom stereocenters. The predicted octanol–water partition coefficient (Wildman–Crippen LogP) is 0.854. The number of benzene rings is 2. The first-order chi connectivity index (χ1) is 12.1. The van der Waals surface area contributed by atoms with Crippen LogP contribution in [0, 0.1) is 13.8 Å². The normalized spacial score (nSPS) is 11.8. The molecule has 2 aromatic rings.